The van der Waals surface area contributed by atoms with Crippen molar-refractivity contribution in [2.75, 3.05) is 17.1 Å². The Hall–Kier alpha value is -1.76. The Balaban J connectivity index is 2.88. The number of para-hydroxylation sites is 2. The highest BCUT2D eigenvalue weighted by Gasteiger charge is 2.10. The smallest absolute Gasteiger partial charge is 0.232 e. The van der Waals surface area contributed by atoms with Crippen molar-refractivity contribution in [3.63, 3.8) is 0 Å². The largest absolute Gasteiger partial charge is 0.484 e. The Kier molecular flexibility index (Phi) is 4.33. The fraction of sp³-hybridized carbons (Fsp3) is 0.300. The number of nitrogens with one attached hydrogen (secondary N) is 2. The predicted octanol–water partition coefficient (Wildman–Crippen LogP) is 0.763. The van der Waals surface area contributed by atoms with Gasteiger partial charge in [-0.25, -0.2) is 8.42 Å². The van der Waals surface area contributed by atoms with E-state index in [-0.39, 0.29) is 18.2 Å². The summed E-state index contributed by atoms with van der Waals surface area (Å²) in [6, 6.07) is 6.59. The molecule has 0 bridgehead atoms. The Morgan fingerprint density at radius 2 is 2.12 bits per heavy atom. The van der Waals surface area contributed by atoms with Crippen LogP contribution in [0.4, 0.5) is 5.69 Å². The van der Waals surface area contributed by atoms with Crippen molar-refractivity contribution in [2.45, 2.75) is 6.92 Å². The average Bonchev–Trinajstić information content (AvgIpc) is 2.27. The first-order chi connectivity index (χ1) is 7.94. The van der Waals surface area contributed by atoms with Gasteiger partial charge in [0.2, 0.25) is 10.0 Å². The minimum absolute atomic E-state index is 0.0198. The summed E-state index contributed by atoms with van der Waals surface area (Å²) in [4.78, 5) is 0. The second-order valence-corrected chi connectivity index (χ2v) is 5.33. The maximum Gasteiger partial charge on any atom is 0.232 e. The van der Waals surface area contributed by atoms with Gasteiger partial charge in [-0.15, -0.1) is 0 Å². The molecule has 0 aromatic heterocycles. The first kappa shape index (κ1) is 13.3. The van der Waals surface area contributed by atoms with E-state index in [9.17, 15) is 8.42 Å². The van der Waals surface area contributed by atoms with E-state index in [2.05, 4.69) is 4.72 Å². The molecule has 0 radical (unpaired) electrons. The Labute approximate surface area is 100 Å². The minimum Gasteiger partial charge on any atom is -0.484 e. The lowest BCUT2D eigenvalue weighted by atomic mass is 10.3. The van der Waals surface area contributed by atoms with E-state index in [0.717, 1.165) is 0 Å². The number of nitrogens with two attached hydrogens (primary N) is 1. The number of rotatable bonds is 6. The van der Waals surface area contributed by atoms with Crippen molar-refractivity contribution in [2.24, 2.45) is 5.73 Å². The van der Waals surface area contributed by atoms with Gasteiger partial charge in [0.05, 0.1) is 11.4 Å². The summed E-state index contributed by atoms with van der Waals surface area (Å²) in [5.74, 6) is 0.200. The lowest BCUT2D eigenvalue weighted by Crippen LogP contribution is -2.20. The van der Waals surface area contributed by atoms with Gasteiger partial charge >= 0.3 is 0 Å². The highest BCUT2D eigenvalue weighted by molar-refractivity contribution is 7.92. The summed E-state index contributed by atoms with van der Waals surface area (Å²) in [5, 5.41) is 7.04. The molecule has 7 heteroatoms. The van der Waals surface area contributed by atoms with Crippen molar-refractivity contribution >= 4 is 21.5 Å². The summed E-state index contributed by atoms with van der Waals surface area (Å²) < 4.78 is 30.5. The molecule has 17 heavy (non-hydrogen) atoms. The van der Waals surface area contributed by atoms with E-state index in [1.54, 1.807) is 31.2 Å². The average molecular weight is 257 g/mol. The van der Waals surface area contributed by atoms with Crippen LogP contribution >= 0.6 is 0 Å². The summed E-state index contributed by atoms with van der Waals surface area (Å²) >= 11 is 0. The maximum absolute atomic E-state index is 11.4. The van der Waals surface area contributed by atoms with Gasteiger partial charge < -0.3 is 10.5 Å². The predicted molar refractivity (Wildman–Crippen MR) is 66.9 cm³/mol. The molecule has 0 saturated heterocycles. The molecular formula is C10H15N3O3S. The zero-order valence-electron chi connectivity index (χ0n) is 9.43. The fourth-order valence-corrected chi connectivity index (χ4v) is 1.72. The molecular weight excluding hydrogens is 242 g/mol. The van der Waals surface area contributed by atoms with E-state index in [0.29, 0.717) is 11.4 Å². The standard InChI is InChI=1S/C10H15N3O3S/c1-2-17(14,15)13-8-5-3-4-6-9(8)16-7-10(11)12/h3-6,13H,2,7H2,1H3,(H3,11,12). The topological polar surface area (TPSA) is 105 Å². The summed E-state index contributed by atoms with van der Waals surface area (Å²) in [7, 11) is -3.35. The van der Waals surface area contributed by atoms with Gasteiger partial charge in [0.15, 0.2) is 0 Å². The van der Waals surface area contributed by atoms with Crippen molar-refractivity contribution in [1.82, 2.24) is 0 Å². The molecule has 0 atom stereocenters. The van der Waals surface area contributed by atoms with E-state index < -0.39 is 10.0 Å². The van der Waals surface area contributed by atoms with Gasteiger partial charge in [0, 0.05) is 0 Å². The number of ether oxygens (including phenoxy) is 1. The van der Waals surface area contributed by atoms with Crippen LogP contribution in [0.5, 0.6) is 5.75 Å². The van der Waals surface area contributed by atoms with Gasteiger partial charge in [0.25, 0.3) is 0 Å². The van der Waals surface area contributed by atoms with Crippen LogP contribution in [0.3, 0.4) is 0 Å². The first-order valence-electron chi connectivity index (χ1n) is 5.00. The molecule has 0 amide bonds. The van der Waals surface area contributed by atoms with E-state index in [4.69, 9.17) is 15.9 Å². The number of hydrogen-bond donors (Lipinski definition) is 3. The number of anilines is 1. The first-order valence-corrected chi connectivity index (χ1v) is 6.65. The van der Waals surface area contributed by atoms with Crippen molar-refractivity contribution in [1.29, 1.82) is 5.41 Å². The second kappa shape index (κ2) is 5.53. The molecule has 1 rings (SSSR count). The Morgan fingerprint density at radius 1 is 1.47 bits per heavy atom. The molecule has 0 fully saturated rings. The summed E-state index contributed by atoms with van der Waals surface area (Å²) in [5.41, 5.74) is 5.51. The third-order valence-electron chi connectivity index (χ3n) is 1.92. The maximum atomic E-state index is 11.4. The van der Waals surface area contributed by atoms with Crippen molar-refractivity contribution in [3.05, 3.63) is 24.3 Å². The monoisotopic (exact) mass is 257 g/mol. The van der Waals surface area contributed by atoms with Crippen LogP contribution in [0.25, 0.3) is 0 Å². The number of benzene rings is 1. The zero-order valence-corrected chi connectivity index (χ0v) is 10.3. The van der Waals surface area contributed by atoms with Crippen LogP contribution in [0, 0.1) is 5.41 Å². The van der Waals surface area contributed by atoms with Crippen LogP contribution < -0.4 is 15.2 Å². The number of amidine groups is 1. The summed E-state index contributed by atoms with van der Waals surface area (Å²) in [6.45, 7) is 1.46. The quantitative estimate of drug-likeness (QED) is 0.517. The Bertz CT molecular complexity index is 499. The lowest BCUT2D eigenvalue weighted by Gasteiger charge is -2.12. The van der Waals surface area contributed by atoms with Gasteiger partial charge in [0.1, 0.15) is 18.2 Å². The molecule has 0 heterocycles. The molecule has 0 unspecified atom stereocenters. The normalized spacial score (nSPS) is 10.9. The van der Waals surface area contributed by atoms with Crippen LogP contribution in [0.1, 0.15) is 6.92 Å². The lowest BCUT2D eigenvalue weighted by molar-refractivity contribution is 0.376. The van der Waals surface area contributed by atoms with Gasteiger partial charge in [-0.05, 0) is 19.1 Å². The SMILES string of the molecule is CCS(=O)(=O)Nc1ccccc1OCC(=N)N. The fourth-order valence-electron chi connectivity index (χ4n) is 1.07. The van der Waals surface area contributed by atoms with Crippen LogP contribution in [-0.2, 0) is 10.0 Å². The molecule has 94 valence electrons. The molecule has 0 aliphatic carbocycles. The highest BCUT2D eigenvalue weighted by Crippen LogP contribution is 2.24. The van der Waals surface area contributed by atoms with Crippen LogP contribution in [-0.4, -0.2) is 26.6 Å². The molecule has 6 nitrogen and oxygen atoms in total. The third-order valence-corrected chi connectivity index (χ3v) is 3.21. The molecule has 0 aliphatic rings. The summed E-state index contributed by atoms with van der Waals surface area (Å²) in [6.07, 6.45) is 0. The Morgan fingerprint density at radius 3 is 2.71 bits per heavy atom. The van der Waals surface area contributed by atoms with E-state index in [1.165, 1.54) is 0 Å². The van der Waals surface area contributed by atoms with Crippen molar-refractivity contribution in [3.8, 4) is 5.75 Å². The van der Waals surface area contributed by atoms with Crippen LogP contribution in [0.2, 0.25) is 0 Å². The van der Waals surface area contributed by atoms with Gasteiger partial charge in [-0.3, -0.25) is 10.1 Å². The van der Waals surface area contributed by atoms with Crippen molar-refractivity contribution < 1.29 is 13.2 Å². The van der Waals surface area contributed by atoms with E-state index >= 15 is 0 Å². The molecule has 0 aliphatic heterocycles. The molecule has 0 spiro atoms. The van der Waals surface area contributed by atoms with E-state index in [1.807, 2.05) is 0 Å². The molecule has 4 N–H and O–H groups in total. The minimum atomic E-state index is -3.35. The number of hydrogen-bond acceptors (Lipinski definition) is 4. The third kappa shape index (κ3) is 4.31. The highest BCUT2D eigenvalue weighted by atomic mass is 32.2. The molecule has 1 aromatic carbocycles. The zero-order chi connectivity index (χ0) is 12.9. The van der Waals surface area contributed by atoms with Gasteiger partial charge in [-0.1, -0.05) is 12.1 Å². The molecule has 0 saturated carbocycles. The van der Waals surface area contributed by atoms with Gasteiger partial charge in [-0.2, -0.15) is 0 Å². The van der Waals surface area contributed by atoms with Crippen LogP contribution in [0.15, 0.2) is 24.3 Å². The second-order valence-electron chi connectivity index (χ2n) is 3.32. The number of sulfonamides is 1. The molecule has 1 aromatic rings.